The molecule has 1 aliphatic rings. The molecule has 1 aromatic rings. The summed E-state index contributed by atoms with van der Waals surface area (Å²) in [5.74, 6) is 1.55. The predicted octanol–water partition coefficient (Wildman–Crippen LogP) is 2.54. The van der Waals surface area contributed by atoms with Gasteiger partial charge in [0.05, 0.1) is 12.3 Å². The van der Waals surface area contributed by atoms with Crippen molar-refractivity contribution in [2.75, 3.05) is 6.61 Å². The third-order valence-electron chi connectivity index (χ3n) is 3.36. The molecule has 2 heterocycles. The highest BCUT2D eigenvalue weighted by Crippen LogP contribution is 2.34. The summed E-state index contributed by atoms with van der Waals surface area (Å²) >= 11 is 0. The van der Waals surface area contributed by atoms with Crippen LogP contribution in [0.15, 0.2) is 12.4 Å². The topological polar surface area (TPSA) is 27.1 Å². The Balaban J connectivity index is 2.04. The largest absolute Gasteiger partial charge is 0.373 e. The molecule has 84 valence electrons. The quantitative estimate of drug-likeness (QED) is 0.746. The van der Waals surface area contributed by atoms with Crippen LogP contribution in [-0.2, 0) is 11.8 Å². The SMILES string of the molecule is CC(C)C1CCOC(c2cnn(C)c2)C1. The number of hydrogen-bond donors (Lipinski definition) is 0. The third kappa shape index (κ3) is 2.40. The number of nitrogens with zero attached hydrogens (tertiary/aromatic N) is 2. The summed E-state index contributed by atoms with van der Waals surface area (Å²) in [7, 11) is 1.95. The summed E-state index contributed by atoms with van der Waals surface area (Å²) in [6.07, 6.45) is 6.60. The van der Waals surface area contributed by atoms with Gasteiger partial charge in [0.25, 0.3) is 0 Å². The lowest BCUT2D eigenvalue weighted by atomic mass is 9.85. The van der Waals surface area contributed by atoms with E-state index in [9.17, 15) is 0 Å². The van der Waals surface area contributed by atoms with E-state index in [2.05, 4.69) is 25.1 Å². The van der Waals surface area contributed by atoms with Crippen molar-refractivity contribution >= 4 is 0 Å². The Kier molecular flexibility index (Phi) is 3.10. The zero-order chi connectivity index (χ0) is 10.8. The molecule has 0 radical (unpaired) electrons. The second-order valence-corrected chi connectivity index (χ2v) is 4.84. The fourth-order valence-corrected chi connectivity index (χ4v) is 2.27. The fraction of sp³-hybridized carbons (Fsp3) is 0.750. The molecule has 0 aromatic carbocycles. The van der Waals surface area contributed by atoms with Gasteiger partial charge >= 0.3 is 0 Å². The van der Waals surface area contributed by atoms with Crippen LogP contribution in [0, 0.1) is 11.8 Å². The maximum Gasteiger partial charge on any atom is 0.0858 e. The minimum absolute atomic E-state index is 0.264. The van der Waals surface area contributed by atoms with Gasteiger partial charge in [-0.15, -0.1) is 0 Å². The summed E-state index contributed by atoms with van der Waals surface area (Å²) in [6, 6.07) is 0. The monoisotopic (exact) mass is 208 g/mol. The molecule has 1 saturated heterocycles. The molecule has 3 nitrogen and oxygen atoms in total. The van der Waals surface area contributed by atoms with E-state index in [1.54, 1.807) is 0 Å². The van der Waals surface area contributed by atoms with Gasteiger partial charge in [-0.05, 0) is 24.7 Å². The molecule has 0 spiro atoms. The Morgan fingerprint density at radius 3 is 2.93 bits per heavy atom. The molecular formula is C12H20N2O. The van der Waals surface area contributed by atoms with E-state index >= 15 is 0 Å². The first-order chi connectivity index (χ1) is 7.16. The molecule has 1 aromatic heterocycles. The van der Waals surface area contributed by atoms with Crippen molar-refractivity contribution in [3.63, 3.8) is 0 Å². The molecule has 2 rings (SSSR count). The van der Waals surface area contributed by atoms with Gasteiger partial charge in [0.2, 0.25) is 0 Å². The molecule has 0 saturated carbocycles. The molecule has 3 heteroatoms. The van der Waals surface area contributed by atoms with E-state index in [4.69, 9.17) is 4.74 Å². The minimum atomic E-state index is 0.264. The van der Waals surface area contributed by atoms with E-state index < -0.39 is 0 Å². The van der Waals surface area contributed by atoms with E-state index in [0.29, 0.717) is 0 Å². The van der Waals surface area contributed by atoms with Crippen LogP contribution in [0.3, 0.4) is 0 Å². The molecular weight excluding hydrogens is 188 g/mol. The minimum Gasteiger partial charge on any atom is -0.373 e. The average molecular weight is 208 g/mol. The van der Waals surface area contributed by atoms with E-state index in [-0.39, 0.29) is 6.10 Å². The van der Waals surface area contributed by atoms with Crippen molar-refractivity contribution < 1.29 is 4.74 Å². The second-order valence-electron chi connectivity index (χ2n) is 4.84. The molecule has 1 aliphatic heterocycles. The Bertz CT molecular complexity index is 319. The summed E-state index contributed by atoms with van der Waals surface area (Å²) in [6.45, 7) is 5.50. The Morgan fingerprint density at radius 1 is 1.53 bits per heavy atom. The summed E-state index contributed by atoms with van der Waals surface area (Å²) in [4.78, 5) is 0. The number of aromatic nitrogens is 2. The zero-order valence-corrected chi connectivity index (χ0v) is 9.81. The molecule has 0 aliphatic carbocycles. The van der Waals surface area contributed by atoms with Gasteiger partial charge in [0.1, 0.15) is 0 Å². The van der Waals surface area contributed by atoms with Gasteiger partial charge in [-0.1, -0.05) is 13.8 Å². The van der Waals surface area contributed by atoms with Crippen LogP contribution in [0.1, 0.15) is 38.4 Å². The standard InChI is InChI=1S/C12H20N2O/c1-9(2)10-4-5-15-12(6-10)11-7-13-14(3)8-11/h7-10,12H,4-6H2,1-3H3. The molecule has 2 unspecified atom stereocenters. The van der Waals surface area contributed by atoms with Gasteiger partial charge in [-0.25, -0.2) is 0 Å². The molecule has 15 heavy (non-hydrogen) atoms. The number of aryl methyl sites for hydroxylation is 1. The van der Waals surface area contributed by atoms with Crippen LogP contribution < -0.4 is 0 Å². The van der Waals surface area contributed by atoms with Gasteiger partial charge in [0.15, 0.2) is 0 Å². The van der Waals surface area contributed by atoms with Crippen molar-refractivity contribution in [3.8, 4) is 0 Å². The maximum atomic E-state index is 5.80. The van der Waals surface area contributed by atoms with Crippen molar-refractivity contribution in [2.45, 2.75) is 32.8 Å². The average Bonchev–Trinajstić information content (AvgIpc) is 2.65. The van der Waals surface area contributed by atoms with Crippen molar-refractivity contribution in [3.05, 3.63) is 18.0 Å². The maximum absolute atomic E-state index is 5.80. The van der Waals surface area contributed by atoms with Crippen LogP contribution in [0.5, 0.6) is 0 Å². The lowest BCUT2D eigenvalue weighted by molar-refractivity contribution is -0.0205. The number of hydrogen-bond acceptors (Lipinski definition) is 2. The van der Waals surface area contributed by atoms with Crippen LogP contribution in [0.2, 0.25) is 0 Å². The van der Waals surface area contributed by atoms with E-state index in [1.165, 1.54) is 12.0 Å². The van der Waals surface area contributed by atoms with Crippen LogP contribution in [-0.4, -0.2) is 16.4 Å². The zero-order valence-electron chi connectivity index (χ0n) is 9.81. The number of ether oxygens (including phenoxy) is 1. The van der Waals surface area contributed by atoms with Crippen LogP contribution >= 0.6 is 0 Å². The highest BCUT2D eigenvalue weighted by atomic mass is 16.5. The van der Waals surface area contributed by atoms with Gasteiger partial charge in [-0.3, -0.25) is 4.68 Å². The predicted molar refractivity (Wildman–Crippen MR) is 59.5 cm³/mol. The molecule has 0 N–H and O–H groups in total. The summed E-state index contributed by atoms with van der Waals surface area (Å²) in [5.41, 5.74) is 1.22. The fourth-order valence-electron chi connectivity index (χ4n) is 2.27. The highest BCUT2D eigenvalue weighted by Gasteiger charge is 2.26. The summed E-state index contributed by atoms with van der Waals surface area (Å²) in [5, 5.41) is 4.20. The van der Waals surface area contributed by atoms with Gasteiger partial charge in [-0.2, -0.15) is 5.10 Å². The second kappa shape index (κ2) is 4.35. The van der Waals surface area contributed by atoms with Crippen molar-refractivity contribution in [1.29, 1.82) is 0 Å². The molecule has 1 fully saturated rings. The molecule has 2 atom stereocenters. The van der Waals surface area contributed by atoms with Crippen molar-refractivity contribution in [1.82, 2.24) is 9.78 Å². The van der Waals surface area contributed by atoms with Crippen molar-refractivity contribution in [2.24, 2.45) is 18.9 Å². The van der Waals surface area contributed by atoms with E-state index in [1.807, 2.05) is 17.9 Å². The van der Waals surface area contributed by atoms with Gasteiger partial charge < -0.3 is 4.74 Å². The van der Waals surface area contributed by atoms with E-state index in [0.717, 1.165) is 24.9 Å². The van der Waals surface area contributed by atoms with Crippen LogP contribution in [0.4, 0.5) is 0 Å². The third-order valence-corrected chi connectivity index (χ3v) is 3.36. The highest BCUT2D eigenvalue weighted by molar-refractivity contribution is 5.09. The number of rotatable bonds is 2. The Hall–Kier alpha value is -0.830. The molecule has 0 bridgehead atoms. The molecule has 0 amide bonds. The first-order valence-electron chi connectivity index (χ1n) is 5.77. The Labute approximate surface area is 91.4 Å². The first kappa shape index (κ1) is 10.7. The Morgan fingerprint density at radius 2 is 2.33 bits per heavy atom. The normalized spacial score (nSPS) is 27.2. The smallest absolute Gasteiger partial charge is 0.0858 e. The van der Waals surface area contributed by atoms with Gasteiger partial charge in [0, 0.05) is 25.4 Å². The lowest BCUT2D eigenvalue weighted by Gasteiger charge is -2.31. The van der Waals surface area contributed by atoms with Crippen LogP contribution in [0.25, 0.3) is 0 Å². The summed E-state index contributed by atoms with van der Waals surface area (Å²) < 4.78 is 7.65. The lowest BCUT2D eigenvalue weighted by Crippen LogP contribution is -2.23. The first-order valence-corrected chi connectivity index (χ1v) is 5.77.